The Morgan fingerprint density at radius 1 is 1.48 bits per heavy atom. The highest BCUT2D eigenvalue weighted by Crippen LogP contribution is 2.35. The first-order chi connectivity index (χ1) is 10.4. The maximum Gasteiger partial charge on any atom is 0.417 e. The lowest BCUT2D eigenvalue weighted by Crippen LogP contribution is -2.56. The highest BCUT2D eigenvalue weighted by molar-refractivity contribution is 5.89. The van der Waals surface area contributed by atoms with Gasteiger partial charge in [0.15, 0.2) is 0 Å². The summed E-state index contributed by atoms with van der Waals surface area (Å²) >= 11 is 0. The first kappa shape index (κ1) is 19.0. The van der Waals surface area contributed by atoms with Gasteiger partial charge in [-0.05, 0) is 19.9 Å². The van der Waals surface area contributed by atoms with E-state index in [0.717, 1.165) is 4.90 Å². The van der Waals surface area contributed by atoms with Crippen LogP contribution in [-0.2, 0) is 4.79 Å². The highest BCUT2D eigenvalue weighted by atomic mass is 19.4. The Morgan fingerprint density at radius 2 is 2.04 bits per heavy atom. The third-order valence-electron chi connectivity index (χ3n) is 3.20. The second kappa shape index (κ2) is 6.58. The molecule has 0 aromatic carbocycles. The predicted molar refractivity (Wildman–Crippen MR) is 72.4 cm³/mol. The molecule has 0 radical (unpaired) electrons. The molecular formula is C14H15F5N2O2. The third-order valence-corrected chi connectivity index (χ3v) is 3.20. The summed E-state index contributed by atoms with van der Waals surface area (Å²) in [5.74, 6) is 0.564. The molecule has 128 valence electrons. The molecule has 1 unspecified atom stereocenters. The number of hydrogen-bond acceptors (Lipinski definition) is 3. The minimum atomic E-state index is -4.81. The predicted octanol–water partition coefficient (Wildman–Crippen LogP) is 2.35. The zero-order valence-electron chi connectivity index (χ0n) is 12.3. The van der Waals surface area contributed by atoms with Gasteiger partial charge in [0.05, 0.1) is 23.2 Å². The Balaban J connectivity index is 3.39. The van der Waals surface area contributed by atoms with Crippen molar-refractivity contribution in [3.8, 4) is 12.3 Å². The van der Waals surface area contributed by atoms with Crippen molar-refractivity contribution in [3.05, 3.63) is 23.4 Å². The van der Waals surface area contributed by atoms with Crippen LogP contribution in [0.3, 0.4) is 0 Å². The summed E-state index contributed by atoms with van der Waals surface area (Å²) in [5, 5.41) is 11.4. The molecule has 1 aliphatic rings. The zero-order chi connectivity index (χ0) is 18.0. The fourth-order valence-electron chi connectivity index (χ4n) is 1.96. The lowest BCUT2D eigenvalue weighted by molar-refractivity contribution is -0.133. The Labute approximate surface area is 129 Å². The number of hydrogen-bond donors (Lipinski definition) is 2. The molecule has 0 fully saturated rings. The van der Waals surface area contributed by atoms with Gasteiger partial charge in [-0.2, -0.15) is 13.2 Å². The number of nitrogens with zero attached hydrogens (tertiary/aromatic N) is 1. The van der Waals surface area contributed by atoms with Crippen molar-refractivity contribution in [3.63, 3.8) is 0 Å². The van der Waals surface area contributed by atoms with Gasteiger partial charge in [0.25, 0.3) is 6.43 Å². The molecule has 9 heteroatoms. The van der Waals surface area contributed by atoms with Gasteiger partial charge in [-0.1, -0.05) is 5.92 Å². The van der Waals surface area contributed by atoms with Crippen molar-refractivity contribution in [2.75, 3.05) is 6.54 Å². The minimum absolute atomic E-state index is 0.411. The molecule has 4 nitrogen and oxygen atoms in total. The lowest BCUT2D eigenvalue weighted by Gasteiger charge is -2.43. The van der Waals surface area contributed by atoms with E-state index in [4.69, 9.17) is 11.5 Å². The largest absolute Gasteiger partial charge is 0.478 e. The van der Waals surface area contributed by atoms with Gasteiger partial charge in [0.2, 0.25) is 0 Å². The quantitative estimate of drug-likeness (QED) is 0.597. The van der Waals surface area contributed by atoms with E-state index in [9.17, 15) is 26.7 Å². The van der Waals surface area contributed by atoms with Crippen LogP contribution >= 0.6 is 0 Å². The van der Waals surface area contributed by atoms with Crippen molar-refractivity contribution in [1.29, 1.82) is 0 Å². The number of alkyl halides is 5. The van der Waals surface area contributed by atoms with Crippen molar-refractivity contribution in [2.45, 2.75) is 38.2 Å². The van der Waals surface area contributed by atoms with Crippen LogP contribution < -0.4 is 5.32 Å². The standard InChI is InChI=1S/C14H15F5N2O2/c1-4-13(2,3)21-7-8(14(17,18)19)5-9(12(22)23)11(21)20-6-10(15)16/h1,5,7,10-11,20H,6H2,2-3H3,(H,22,23). The normalized spacial score (nSPS) is 19.3. The molecule has 23 heavy (non-hydrogen) atoms. The molecule has 0 saturated heterocycles. The van der Waals surface area contributed by atoms with Crippen LogP contribution in [0.5, 0.6) is 0 Å². The van der Waals surface area contributed by atoms with Crippen molar-refractivity contribution < 1.29 is 31.9 Å². The summed E-state index contributed by atoms with van der Waals surface area (Å²) in [6.07, 6.45) is -2.71. The molecule has 0 bridgehead atoms. The first-order valence-electron chi connectivity index (χ1n) is 6.41. The smallest absolute Gasteiger partial charge is 0.417 e. The number of carboxylic acid groups (broad SMARTS) is 1. The molecule has 2 N–H and O–H groups in total. The fraction of sp³-hybridized carbons (Fsp3) is 0.500. The third kappa shape index (κ3) is 4.45. The fourth-order valence-corrected chi connectivity index (χ4v) is 1.96. The van der Waals surface area contributed by atoms with Crippen molar-refractivity contribution in [2.24, 2.45) is 0 Å². The van der Waals surface area contributed by atoms with Gasteiger partial charge in [0, 0.05) is 6.20 Å². The summed E-state index contributed by atoms with van der Waals surface area (Å²) < 4.78 is 63.7. The number of aliphatic carboxylic acids is 1. The number of carbonyl (C=O) groups is 1. The van der Waals surface area contributed by atoms with E-state index in [1.54, 1.807) is 0 Å². The monoisotopic (exact) mass is 338 g/mol. The number of allylic oxidation sites excluding steroid dienone is 2. The molecule has 1 heterocycles. The molecule has 0 aromatic heterocycles. The number of terminal acetylenes is 1. The SMILES string of the molecule is C#CC(C)(C)N1C=C(C(F)(F)F)C=C(C(=O)O)C1NCC(F)F. The van der Waals surface area contributed by atoms with E-state index in [-0.39, 0.29) is 0 Å². The minimum Gasteiger partial charge on any atom is -0.478 e. The van der Waals surface area contributed by atoms with Crippen molar-refractivity contribution in [1.82, 2.24) is 10.2 Å². The second-order valence-corrected chi connectivity index (χ2v) is 5.30. The van der Waals surface area contributed by atoms with Gasteiger partial charge in [-0.15, -0.1) is 6.42 Å². The van der Waals surface area contributed by atoms with Gasteiger partial charge < -0.3 is 10.0 Å². The number of rotatable bonds is 5. The van der Waals surface area contributed by atoms with Crippen LogP contribution in [0.1, 0.15) is 13.8 Å². The van der Waals surface area contributed by atoms with E-state index in [0.29, 0.717) is 12.3 Å². The van der Waals surface area contributed by atoms with Crippen molar-refractivity contribution >= 4 is 5.97 Å². The van der Waals surface area contributed by atoms with E-state index in [1.807, 2.05) is 0 Å². The summed E-state index contributed by atoms with van der Waals surface area (Å²) in [5.41, 5.74) is -3.29. The average Bonchev–Trinajstić information content (AvgIpc) is 2.42. The Hall–Kier alpha value is -2.08. The number of nitrogens with one attached hydrogen (secondary N) is 1. The molecule has 0 amide bonds. The lowest BCUT2D eigenvalue weighted by atomic mass is 9.96. The first-order valence-corrected chi connectivity index (χ1v) is 6.41. The molecule has 0 spiro atoms. The van der Waals surface area contributed by atoms with Crippen LogP contribution in [0, 0.1) is 12.3 Å². The number of halogens is 5. The summed E-state index contributed by atoms with van der Waals surface area (Å²) in [7, 11) is 0. The van der Waals surface area contributed by atoms with Crippen LogP contribution in [0.25, 0.3) is 0 Å². The summed E-state index contributed by atoms with van der Waals surface area (Å²) in [6.45, 7) is 1.85. The van der Waals surface area contributed by atoms with Gasteiger partial charge in [-0.25, -0.2) is 13.6 Å². The Bertz CT molecular complexity index is 573. The van der Waals surface area contributed by atoms with Gasteiger partial charge in [-0.3, -0.25) is 5.32 Å². The molecular weight excluding hydrogens is 323 g/mol. The topological polar surface area (TPSA) is 52.6 Å². The molecule has 0 saturated carbocycles. The second-order valence-electron chi connectivity index (χ2n) is 5.30. The molecule has 1 atom stereocenters. The van der Waals surface area contributed by atoms with Gasteiger partial charge >= 0.3 is 12.1 Å². The Morgan fingerprint density at radius 3 is 2.43 bits per heavy atom. The maximum absolute atomic E-state index is 13.0. The Kier molecular flexibility index (Phi) is 5.43. The molecule has 1 aliphatic heterocycles. The van der Waals surface area contributed by atoms with E-state index < -0.39 is 48.0 Å². The molecule has 0 aliphatic carbocycles. The molecule has 1 rings (SSSR count). The summed E-state index contributed by atoms with van der Waals surface area (Å²) in [6, 6.07) is 0. The maximum atomic E-state index is 13.0. The molecule has 0 aromatic rings. The van der Waals surface area contributed by atoms with Crippen LogP contribution in [0.2, 0.25) is 0 Å². The number of carboxylic acids is 1. The zero-order valence-corrected chi connectivity index (χ0v) is 12.3. The van der Waals surface area contributed by atoms with Crippen LogP contribution in [0.4, 0.5) is 22.0 Å². The van der Waals surface area contributed by atoms with E-state index in [1.165, 1.54) is 13.8 Å². The average molecular weight is 338 g/mol. The summed E-state index contributed by atoms with van der Waals surface area (Å²) in [4.78, 5) is 12.2. The highest BCUT2D eigenvalue weighted by Gasteiger charge is 2.42. The van der Waals surface area contributed by atoms with E-state index in [2.05, 4.69) is 11.2 Å². The van der Waals surface area contributed by atoms with Gasteiger partial charge in [0.1, 0.15) is 6.17 Å². The van der Waals surface area contributed by atoms with Crippen LogP contribution in [-0.4, -0.2) is 46.8 Å². The van der Waals surface area contributed by atoms with Crippen LogP contribution in [0.15, 0.2) is 23.4 Å². The van der Waals surface area contributed by atoms with E-state index >= 15 is 0 Å².